The summed E-state index contributed by atoms with van der Waals surface area (Å²) in [5, 5.41) is 12.9. The van der Waals surface area contributed by atoms with Crippen LogP contribution in [0.25, 0.3) is 0 Å². The Balaban J connectivity index is 1.44. The van der Waals surface area contributed by atoms with Crippen LogP contribution in [0.2, 0.25) is 0 Å². The number of nitrogens with one attached hydrogen (secondary N) is 1. The number of ether oxygens (including phenoxy) is 2. The number of hydrogen-bond acceptors (Lipinski definition) is 8. The van der Waals surface area contributed by atoms with Gasteiger partial charge >= 0.3 is 5.97 Å². The van der Waals surface area contributed by atoms with Crippen molar-refractivity contribution in [3.63, 3.8) is 0 Å². The van der Waals surface area contributed by atoms with E-state index in [9.17, 15) is 9.59 Å². The maximum Gasteiger partial charge on any atom is 0.341 e. The van der Waals surface area contributed by atoms with Crippen molar-refractivity contribution >= 4 is 40.0 Å². The molecule has 0 saturated carbocycles. The van der Waals surface area contributed by atoms with E-state index >= 15 is 0 Å². The minimum absolute atomic E-state index is 0.114. The molecular weight excluding hydrogens is 544 g/mol. The number of carbonyl (C=O) groups is 2. The SMILES string of the molecule is C=CCn1c(SCC(=O)Nc2sc3c(c2C(=O)OC(C)C)CCCC3)nnc1C(C)Oc1ccc(C(C)C)cc1. The van der Waals surface area contributed by atoms with E-state index in [0.717, 1.165) is 41.9 Å². The number of aromatic nitrogens is 3. The fourth-order valence-corrected chi connectivity index (χ4v) is 6.68. The highest BCUT2D eigenvalue weighted by molar-refractivity contribution is 7.99. The summed E-state index contributed by atoms with van der Waals surface area (Å²) in [6.45, 7) is 14.2. The minimum atomic E-state index is -0.374. The molecule has 0 bridgehead atoms. The van der Waals surface area contributed by atoms with Crippen molar-refractivity contribution in [2.24, 2.45) is 0 Å². The molecule has 2 aromatic heterocycles. The first kappa shape index (κ1) is 29.9. The molecule has 40 heavy (non-hydrogen) atoms. The minimum Gasteiger partial charge on any atom is -0.483 e. The van der Waals surface area contributed by atoms with E-state index in [1.165, 1.54) is 28.7 Å². The van der Waals surface area contributed by atoms with Gasteiger partial charge in [0.25, 0.3) is 0 Å². The topological polar surface area (TPSA) is 95.3 Å². The van der Waals surface area contributed by atoms with E-state index in [0.29, 0.717) is 34.0 Å². The van der Waals surface area contributed by atoms with Crippen molar-refractivity contribution in [1.29, 1.82) is 0 Å². The Hall–Kier alpha value is -3.11. The van der Waals surface area contributed by atoms with E-state index in [2.05, 4.69) is 48.1 Å². The third-order valence-electron chi connectivity index (χ3n) is 6.58. The molecule has 1 unspecified atom stereocenters. The average molecular weight is 583 g/mol. The van der Waals surface area contributed by atoms with Gasteiger partial charge in [0.15, 0.2) is 17.1 Å². The first-order valence-electron chi connectivity index (χ1n) is 13.8. The first-order valence-corrected chi connectivity index (χ1v) is 15.6. The van der Waals surface area contributed by atoms with E-state index in [1.54, 1.807) is 6.08 Å². The predicted octanol–water partition coefficient (Wildman–Crippen LogP) is 6.96. The molecule has 8 nitrogen and oxygen atoms in total. The maximum atomic E-state index is 13.0. The number of aryl methyl sites for hydroxylation is 1. The van der Waals surface area contributed by atoms with Crippen molar-refractivity contribution < 1.29 is 19.1 Å². The molecule has 2 heterocycles. The highest BCUT2D eigenvalue weighted by Crippen LogP contribution is 2.39. The van der Waals surface area contributed by atoms with Gasteiger partial charge in [-0.2, -0.15) is 0 Å². The summed E-state index contributed by atoms with van der Waals surface area (Å²) >= 11 is 2.77. The van der Waals surface area contributed by atoms with Gasteiger partial charge in [-0.25, -0.2) is 4.79 Å². The number of benzene rings is 1. The summed E-state index contributed by atoms with van der Waals surface area (Å²) in [6, 6.07) is 8.07. The second kappa shape index (κ2) is 13.5. The predicted molar refractivity (Wildman–Crippen MR) is 161 cm³/mol. The van der Waals surface area contributed by atoms with Crippen molar-refractivity contribution in [3.05, 3.63) is 64.3 Å². The first-order chi connectivity index (χ1) is 19.2. The van der Waals surface area contributed by atoms with Crippen LogP contribution < -0.4 is 10.1 Å². The number of carbonyl (C=O) groups excluding carboxylic acids is 2. The molecule has 1 atom stereocenters. The molecule has 1 aromatic carbocycles. The summed E-state index contributed by atoms with van der Waals surface area (Å²) in [5.41, 5.74) is 2.78. The fraction of sp³-hybridized carbons (Fsp3) is 0.467. The number of allylic oxidation sites excluding steroid dienone is 1. The molecule has 0 spiro atoms. The molecular formula is C30H38N4O4S2. The lowest BCUT2D eigenvalue weighted by molar-refractivity contribution is -0.113. The van der Waals surface area contributed by atoms with Crippen LogP contribution in [0.4, 0.5) is 5.00 Å². The molecule has 10 heteroatoms. The number of nitrogens with zero attached hydrogens (tertiary/aromatic N) is 3. The number of thioether (sulfide) groups is 1. The largest absolute Gasteiger partial charge is 0.483 e. The number of hydrogen-bond donors (Lipinski definition) is 1. The van der Waals surface area contributed by atoms with Crippen LogP contribution in [0.1, 0.15) is 91.7 Å². The third-order valence-corrected chi connectivity index (χ3v) is 8.76. The quantitative estimate of drug-likeness (QED) is 0.140. The smallest absolute Gasteiger partial charge is 0.341 e. The van der Waals surface area contributed by atoms with Crippen LogP contribution in [0.15, 0.2) is 42.1 Å². The molecule has 1 N–H and O–H groups in total. The summed E-state index contributed by atoms with van der Waals surface area (Å²) < 4.78 is 13.6. The van der Waals surface area contributed by atoms with Gasteiger partial charge in [-0.05, 0) is 75.6 Å². The molecule has 0 fully saturated rings. The number of thiophene rings is 1. The number of esters is 1. The van der Waals surface area contributed by atoms with Crippen LogP contribution in [0, 0.1) is 0 Å². The van der Waals surface area contributed by atoms with Gasteiger partial charge in [0.05, 0.1) is 17.4 Å². The Morgan fingerprint density at radius 3 is 2.52 bits per heavy atom. The van der Waals surface area contributed by atoms with Crippen LogP contribution in [0.5, 0.6) is 5.75 Å². The Morgan fingerprint density at radius 1 is 1.12 bits per heavy atom. The normalized spacial score (nSPS) is 13.7. The molecule has 0 aliphatic heterocycles. The molecule has 214 valence electrons. The average Bonchev–Trinajstić information content (AvgIpc) is 3.48. The van der Waals surface area contributed by atoms with E-state index in [-0.39, 0.29) is 29.8 Å². The van der Waals surface area contributed by atoms with Gasteiger partial charge in [0.1, 0.15) is 10.8 Å². The second-order valence-corrected chi connectivity index (χ2v) is 12.5. The van der Waals surface area contributed by atoms with Crippen LogP contribution in [0.3, 0.4) is 0 Å². The van der Waals surface area contributed by atoms with Gasteiger partial charge in [0, 0.05) is 11.4 Å². The monoisotopic (exact) mass is 582 g/mol. The number of rotatable bonds is 12. The van der Waals surface area contributed by atoms with Crippen molar-refractivity contribution in [3.8, 4) is 5.75 Å². The Labute approximate surface area is 244 Å². The molecule has 0 saturated heterocycles. The Morgan fingerprint density at radius 2 is 1.85 bits per heavy atom. The summed E-state index contributed by atoms with van der Waals surface area (Å²) in [5.74, 6) is 1.38. The highest BCUT2D eigenvalue weighted by Gasteiger charge is 2.28. The second-order valence-electron chi connectivity index (χ2n) is 10.4. The highest BCUT2D eigenvalue weighted by atomic mass is 32.2. The van der Waals surface area contributed by atoms with E-state index in [4.69, 9.17) is 9.47 Å². The zero-order valence-corrected chi connectivity index (χ0v) is 25.5. The van der Waals surface area contributed by atoms with E-state index in [1.807, 2.05) is 37.5 Å². The van der Waals surface area contributed by atoms with Gasteiger partial charge < -0.3 is 14.8 Å². The molecule has 1 aliphatic carbocycles. The fourth-order valence-electron chi connectivity index (χ4n) is 4.63. The lowest BCUT2D eigenvalue weighted by Gasteiger charge is -2.16. The zero-order chi connectivity index (χ0) is 28.8. The molecule has 4 rings (SSSR count). The van der Waals surface area contributed by atoms with Crippen LogP contribution in [-0.4, -0.2) is 38.5 Å². The number of amides is 1. The van der Waals surface area contributed by atoms with Crippen LogP contribution >= 0.6 is 23.1 Å². The van der Waals surface area contributed by atoms with Crippen molar-refractivity contribution in [2.45, 2.75) is 90.1 Å². The van der Waals surface area contributed by atoms with Crippen molar-refractivity contribution in [1.82, 2.24) is 14.8 Å². The van der Waals surface area contributed by atoms with Gasteiger partial charge in [-0.3, -0.25) is 9.36 Å². The standard InChI is InChI=1S/C30H38N4O4S2/c1-7-16-34-27(20(6)38-22-14-12-21(13-15-22)18(2)3)32-33-30(34)39-17-25(35)31-28-26(29(36)37-19(4)5)23-10-8-9-11-24(23)40-28/h7,12-15,18-20H,1,8-11,16-17H2,2-6H3,(H,31,35). The summed E-state index contributed by atoms with van der Waals surface area (Å²) in [7, 11) is 0. The summed E-state index contributed by atoms with van der Waals surface area (Å²) in [4.78, 5) is 27.1. The number of fused-ring (bicyclic) bond motifs is 1. The molecule has 0 radical (unpaired) electrons. The lowest BCUT2D eigenvalue weighted by atomic mass is 9.95. The molecule has 1 amide bonds. The molecule has 3 aromatic rings. The van der Waals surface area contributed by atoms with Gasteiger partial charge in [-0.1, -0.05) is 43.8 Å². The lowest BCUT2D eigenvalue weighted by Crippen LogP contribution is -2.19. The van der Waals surface area contributed by atoms with Crippen molar-refractivity contribution in [2.75, 3.05) is 11.1 Å². The van der Waals surface area contributed by atoms with E-state index < -0.39 is 0 Å². The van der Waals surface area contributed by atoms with Crippen LogP contribution in [-0.2, 0) is 28.9 Å². The third kappa shape index (κ3) is 7.14. The zero-order valence-electron chi connectivity index (χ0n) is 23.9. The van der Waals surface area contributed by atoms with Gasteiger partial charge in [0.2, 0.25) is 5.91 Å². The maximum absolute atomic E-state index is 13.0. The number of anilines is 1. The Kier molecular flexibility index (Phi) is 10.1. The van der Waals surface area contributed by atoms with Gasteiger partial charge in [-0.15, -0.1) is 28.1 Å². The Bertz CT molecular complexity index is 1340. The summed E-state index contributed by atoms with van der Waals surface area (Å²) in [6.07, 6.45) is 5.04. The molecule has 1 aliphatic rings.